The van der Waals surface area contributed by atoms with Crippen LogP contribution in [0.2, 0.25) is 0 Å². The average molecular weight is 156 g/mol. The summed E-state index contributed by atoms with van der Waals surface area (Å²) in [6.07, 6.45) is 2.72. The monoisotopic (exact) mass is 156 g/mol. The van der Waals surface area contributed by atoms with Gasteiger partial charge in [0.05, 0.1) is 6.67 Å². The maximum Gasteiger partial charge on any atom is 0.0505 e. The molecule has 1 aliphatic heterocycles. The number of rotatable bonds is 1. The zero-order valence-corrected chi connectivity index (χ0v) is 8.01. The molecule has 1 aliphatic rings. The molecule has 66 valence electrons. The van der Waals surface area contributed by atoms with E-state index < -0.39 is 0 Å². The Morgan fingerprint density at radius 3 is 2.36 bits per heavy atom. The van der Waals surface area contributed by atoms with Gasteiger partial charge in [-0.2, -0.15) is 0 Å². The first-order valence-electron chi connectivity index (χ1n) is 4.63. The van der Waals surface area contributed by atoms with Crippen LogP contribution in [0.5, 0.6) is 0 Å². The van der Waals surface area contributed by atoms with Gasteiger partial charge in [0.15, 0.2) is 0 Å². The fourth-order valence-corrected chi connectivity index (χ4v) is 1.57. The minimum absolute atomic E-state index is 0.704. The Hall–Kier alpha value is -0.0800. The molecule has 1 heterocycles. The van der Waals surface area contributed by atoms with E-state index in [1.165, 1.54) is 25.9 Å². The second kappa shape index (κ2) is 4.07. The highest BCUT2D eigenvalue weighted by Gasteiger charge is 2.14. The Morgan fingerprint density at radius 1 is 1.09 bits per heavy atom. The van der Waals surface area contributed by atoms with Crippen molar-refractivity contribution >= 4 is 0 Å². The van der Waals surface area contributed by atoms with Crippen LogP contribution in [0, 0.1) is 0 Å². The fourth-order valence-electron chi connectivity index (χ4n) is 1.57. The van der Waals surface area contributed by atoms with Crippen LogP contribution in [-0.2, 0) is 0 Å². The molecule has 11 heavy (non-hydrogen) atoms. The van der Waals surface area contributed by atoms with E-state index in [1.807, 2.05) is 0 Å². The summed E-state index contributed by atoms with van der Waals surface area (Å²) in [5, 5.41) is 0. The van der Waals surface area contributed by atoms with Crippen molar-refractivity contribution in [1.29, 1.82) is 0 Å². The molecule has 0 aromatic carbocycles. The van der Waals surface area contributed by atoms with Crippen LogP contribution in [0.25, 0.3) is 0 Å². The predicted molar refractivity (Wildman–Crippen MR) is 48.6 cm³/mol. The summed E-state index contributed by atoms with van der Waals surface area (Å²) in [5.74, 6) is 0. The van der Waals surface area contributed by atoms with Gasteiger partial charge in [0.2, 0.25) is 0 Å². The first-order chi connectivity index (χ1) is 5.20. The van der Waals surface area contributed by atoms with Gasteiger partial charge in [0.25, 0.3) is 0 Å². The molecule has 0 spiro atoms. The second-order valence-corrected chi connectivity index (χ2v) is 3.83. The average Bonchev–Trinajstić information content (AvgIpc) is 2.13. The van der Waals surface area contributed by atoms with Crippen LogP contribution in [-0.4, -0.2) is 42.6 Å². The SMILES string of the molecule is CC(C)N1CCCCN(C)C1. The first-order valence-corrected chi connectivity index (χ1v) is 4.63. The number of nitrogens with zero attached hydrogens (tertiary/aromatic N) is 2. The Bertz CT molecular complexity index is 112. The van der Waals surface area contributed by atoms with E-state index in [-0.39, 0.29) is 0 Å². The molecular weight excluding hydrogens is 136 g/mol. The lowest BCUT2D eigenvalue weighted by Crippen LogP contribution is -2.38. The van der Waals surface area contributed by atoms with E-state index in [9.17, 15) is 0 Å². The molecule has 0 aromatic heterocycles. The van der Waals surface area contributed by atoms with Gasteiger partial charge < -0.3 is 0 Å². The van der Waals surface area contributed by atoms with Crippen LogP contribution in [0.15, 0.2) is 0 Å². The summed E-state index contributed by atoms with van der Waals surface area (Å²) in [5.41, 5.74) is 0. The highest BCUT2D eigenvalue weighted by Crippen LogP contribution is 2.07. The van der Waals surface area contributed by atoms with E-state index in [0.717, 1.165) is 6.67 Å². The summed E-state index contributed by atoms with van der Waals surface area (Å²) in [7, 11) is 2.21. The molecule has 2 heteroatoms. The maximum atomic E-state index is 2.53. The van der Waals surface area contributed by atoms with Gasteiger partial charge in [-0.05, 0) is 46.8 Å². The van der Waals surface area contributed by atoms with Crippen LogP contribution in [0.1, 0.15) is 26.7 Å². The van der Waals surface area contributed by atoms with E-state index in [0.29, 0.717) is 6.04 Å². The van der Waals surface area contributed by atoms with Crippen molar-refractivity contribution in [2.45, 2.75) is 32.7 Å². The van der Waals surface area contributed by atoms with Crippen molar-refractivity contribution in [1.82, 2.24) is 9.80 Å². The summed E-state index contributed by atoms with van der Waals surface area (Å²) >= 11 is 0. The van der Waals surface area contributed by atoms with Gasteiger partial charge in [0, 0.05) is 6.04 Å². The highest BCUT2D eigenvalue weighted by molar-refractivity contribution is 4.66. The third-order valence-electron chi connectivity index (χ3n) is 2.39. The van der Waals surface area contributed by atoms with Crippen molar-refractivity contribution in [3.05, 3.63) is 0 Å². The molecular formula is C9H20N2. The minimum atomic E-state index is 0.704. The minimum Gasteiger partial charge on any atom is -0.294 e. The largest absolute Gasteiger partial charge is 0.294 e. The quantitative estimate of drug-likeness (QED) is 0.566. The second-order valence-electron chi connectivity index (χ2n) is 3.83. The van der Waals surface area contributed by atoms with Gasteiger partial charge in [-0.1, -0.05) is 0 Å². The molecule has 0 bridgehead atoms. The highest BCUT2D eigenvalue weighted by atomic mass is 15.3. The van der Waals surface area contributed by atoms with Gasteiger partial charge >= 0.3 is 0 Å². The van der Waals surface area contributed by atoms with Gasteiger partial charge in [0.1, 0.15) is 0 Å². The van der Waals surface area contributed by atoms with Crippen LogP contribution < -0.4 is 0 Å². The zero-order chi connectivity index (χ0) is 8.27. The Labute approximate surface area is 70.2 Å². The Balaban J connectivity index is 2.39. The molecule has 0 radical (unpaired) electrons. The summed E-state index contributed by atoms with van der Waals surface area (Å²) in [6, 6.07) is 0.704. The molecule has 2 nitrogen and oxygen atoms in total. The fraction of sp³-hybridized carbons (Fsp3) is 1.00. The lowest BCUT2D eigenvalue weighted by Gasteiger charge is -2.27. The van der Waals surface area contributed by atoms with E-state index in [2.05, 4.69) is 30.7 Å². The number of hydrogen-bond donors (Lipinski definition) is 0. The zero-order valence-electron chi connectivity index (χ0n) is 8.01. The van der Waals surface area contributed by atoms with Crippen LogP contribution in [0.3, 0.4) is 0 Å². The maximum absolute atomic E-state index is 2.53. The third kappa shape index (κ3) is 2.80. The van der Waals surface area contributed by atoms with E-state index >= 15 is 0 Å². The topological polar surface area (TPSA) is 6.48 Å². The Morgan fingerprint density at radius 2 is 1.73 bits per heavy atom. The first kappa shape index (κ1) is 9.01. The van der Waals surface area contributed by atoms with E-state index in [1.54, 1.807) is 0 Å². The van der Waals surface area contributed by atoms with Crippen molar-refractivity contribution in [2.75, 3.05) is 26.8 Å². The van der Waals surface area contributed by atoms with Crippen molar-refractivity contribution < 1.29 is 0 Å². The molecule has 0 amide bonds. The van der Waals surface area contributed by atoms with Crippen molar-refractivity contribution in [2.24, 2.45) is 0 Å². The normalized spacial score (nSPS) is 24.0. The summed E-state index contributed by atoms with van der Waals surface area (Å²) in [6.45, 7) is 8.25. The molecule has 0 unspecified atom stereocenters. The summed E-state index contributed by atoms with van der Waals surface area (Å²) in [4.78, 5) is 4.94. The summed E-state index contributed by atoms with van der Waals surface area (Å²) < 4.78 is 0. The van der Waals surface area contributed by atoms with Crippen molar-refractivity contribution in [3.8, 4) is 0 Å². The van der Waals surface area contributed by atoms with Gasteiger partial charge in [-0.15, -0.1) is 0 Å². The lowest BCUT2D eigenvalue weighted by molar-refractivity contribution is 0.147. The molecule has 1 saturated heterocycles. The smallest absolute Gasteiger partial charge is 0.0505 e. The van der Waals surface area contributed by atoms with Gasteiger partial charge in [-0.3, -0.25) is 9.80 Å². The Kier molecular flexibility index (Phi) is 3.34. The molecule has 1 fully saturated rings. The third-order valence-corrected chi connectivity index (χ3v) is 2.39. The van der Waals surface area contributed by atoms with Crippen LogP contribution >= 0.6 is 0 Å². The van der Waals surface area contributed by atoms with Crippen LogP contribution in [0.4, 0.5) is 0 Å². The standard InChI is InChI=1S/C9H20N2/c1-9(2)11-7-5-4-6-10(3)8-11/h9H,4-8H2,1-3H3. The predicted octanol–water partition coefficient (Wildman–Crippen LogP) is 1.38. The molecule has 0 aromatic rings. The number of hydrogen-bond acceptors (Lipinski definition) is 2. The van der Waals surface area contributed by atoms with Crippen molar-refractivity contribution in [3.63, 3.8) is 0 Å². The molecule has 0 atom stereocenters. The lowest BCUT2D eigenvalue weighted by atomic mass is 10.3. The van der Waals surface area contributed by atoms with Gasteiger partial charge in [-0.25, -0.2) is 0 Å². The molecule has 0 N–H and O–H groups in total. The molecule has 1 rings (SSSR count). The van der Waals surface area contributed by atoms with E-state index in [4.69, 9.17) is 0 Å². The molecule has 0 saturated carbocycles. The molecule has 0 aliphatic carbocycles.